The molecule has 1 aliphatic rings. The predicted molar refractivity (Wildman–Crippen MR) is 257 cm³/mol. The molecule has 0 spiro atoms. The molecule has 0 radical (unpaired) electrons. The maximum atomic E-state index is 5.39. The number of hydrogen-bond acceptors (Lipinski definition) is 2. The maximum Gasteiger partial charge on any atom is 0.160 e. The Labute approximate surface area is 355 Å². The Kier molecular flexibility index (Phi) is 7.92. The summed E-state index contributed by atoms with van der Waals surface area (Å²) in [6.07, 6.45) is 0. The molecular formula is C59H40N2. The van der Waals surface area contributed by atoms with E-state index in [1.807, 2.05) is 6.07 Å². The number of aromatic nitrogens is 2. The average molecular weight is 777 g/mol. The van der Waals surface area contributed by atoms with Crippen molar-refractivity contribution >= 4 is 43.1 Å². The zero-order valence-corrected chi connectivity index (χ0v) is 34.0. The first-order valence-electron chi connectivity index (χ1n) is 21.2. The second-order valence-electron chi connectivity index (χ2n) is 16.8. The number of nitrogens with zero attached hydrogens (tertiary/aromatic N) is 2. The van der Waals surface area contributed by atoms with E-state index in [4.69, 9.17) is 9.97 Å². The number of hydrogen-bond donors (Lipinski definition) is 0. The van der Waals surface area contributed by atoms with Crippen LogP contribution in [-0.2, 0) is 5.41 Å². The molecule has 0 bridgehead atoms. The molecule has 0 aliphatic heterocycles. The fraction of sp³-hybridized carbons (Fsp3) is 0.0508. The highest BCUT2D eigenvalue weighted by molar-refractivity contribution is 6.29. The molecule has 1 heterocycles. The van der Waals surface area contributed by atoms with Gasteiger partial charge in [0.2, 0.25) is 0 Å². The standard InChI is InChI=1S/C59H40N2/c1-59(2)51-31-16-15-26-43(51)48-29-17-30-49(57(48)59)53-36-52(60-58(61-53)39-21-7-4-8-22-39)44-34-35-47(42-25-12-11-24-41(42)44)55-46-28-14-13-27-45(46)54(38-19-5-3-6-20-38)56-40-23-10-9-18-37(40)32-33-50(55)56/h3-36H,1-2H3. The smallest absolute Gasteiger partial charge is 0.160 e. The van der Waals surface area contributed by atoms with E-state index in [-0.39, 0.29) is 5.41 Å². The lowest BCUT2D eigenvalue weighted by molar-refractivity contribution is 0.662. The second-order valence-corrected chi connectivity index (χ2v) is 16.8. The van der Waals surface area contributed by atoms with Gasteiger partial charge in [-0.05, 0) is 93.7 Å². The first kappa shape index (κ1) is 35.3. The Morgan fingerprint density at radius 1 is 0.344 bits per heavy atom. The minimum Gasteiger partial charge on any atom is -0.228 e. The Hall–Kier alpha value is -7.68. The van der Waals surface area contributed by atoms with E-state index in [2.05, 4.69) is 214 Å². The lowest BCUT2D eigenvalue weighted by atomic mass is 9.79. The van der Waals surface area contributed by atoms with Crippen LogP contribution in [0.2, 0.25) is 0 Å². The number of benzene rings is 10. The summed E-state index contributed by atoms with van der Waals surface area (Å²) in [7, 11) is 0. The van der Waals surface area contributed by atoms with Crippen LogP contribution >= 0.6 is 0 Å². The van der Waals surface area contributed by atoms with Crippen LogP contribution in [0.1, 0.15) is 25.0 Å². The Balaban J connectivity index is 1.13. The summed E-state index contributed by atoms with van der Waals surface area (Å²) in [5.74, 6) is 0.715. The van der Waals surface area contributed by atoms with Crippen LogP contribution in [-0.4, -0.2) is 9.97 Å². The molecule has 12 rings (SSSR count). The molecule has 10 aromatic carbocycles. The van der Waals surface area contributed by atoms with Crippen molar-refractivity contribution in [2.24, 2.45) is 0 Å². The van der Waals surface area contributed by atoms with E-state index >= 15 is 0 Å². The molecule has 0 N–H and O–H groups in total. The minimum absolute atomic E-state index is 0.193. The second kappa shape index (κ2) is 13.7. The van der Waals surface area contributed by atoms with Gasteiger partial charge in [0.25, 0.3) is 0 Å². The van der Waals surface area contributed by atoms with E-state index < -0.39 is 0 Å². The minimum atomic E-state index is -0.193. The van der Waals surface area contributed by atoms with Gasteiger partial charge in [-0.2, -0.15) is 0 Å². The highest BCUT2D eigenvalue weighted by Gasteiger charge is 2.37. The summed E-state index contributed by atoms with van der Waals surface area (Å²) >= 11 is 0. The van der Waals surface area contributed by atoms with Crippen molar-refractivity contribution in [1.82, 2.24) is 9.97 Å². The van der Waals surface area contributed by atoms with E-state index in [9.17, 15) is 0 Å². The molecule has 0 atom stereocenters. The molecule has 0 unspecified atom stereocenters. The molecule has 11 aromatic rings. The third-order valence-corrected chi connectivity index (χ3v) is 13.1. The van der Waals surface area contributed by atoms with Crippen molar-refractivity contribution in [2.75, 3.05) is 0 Å². The van der Waals surface area contributed by atoms with E-state index in [1.165, 1.54) is 82.2 Å². The summed E-state index contributed by atoms with van der Waals surface area (Å²) in [5, 5.41) is 9.83. The molecule has 0 saturated carbocycles. The Bertz CT molecular complexity index is 3550. The number of fused-ring (bicyclic) bond motifs is 8. The molecule has 0 fully saturated rings. The highest BCUT2D eigenvalue weighted by Crippen LogP contribution is 2.53. The first-order valence-corrected chi connectivity index (χ1v) is 21.2. The van der Waals surface area contributed by atoms with Gasteiger partial charge >= 0.3 is 0 Å². The van der Waals surface area contributed by atoms with Crippen LogP contribution in [0.25, 0.3) is 110 Å². The Morgan fingerprint density at radius 2 is 0.885 bits per heavy atom. The van der Waals surface area contributed by atoms with Gasteiger partial charge < -0.3 is 0 Å². The van der Waals surface area contributed by atoms with Gasteiger partial charge in [0.1, 0.15) is 0 Å². The SMILES string of the molecule is CC1(C)c2ccccc2-c2cccc(-c3cc(-c4ccc(-c5c6ccccc6c(-c6ccccc6)c6c5ccc5ccccc56)c5ccccc45)nc(-c4ccccc4)n3)c21. The zero-order valence-electron chi connectivity index (χ0n) is 34.0. The monoisotopic (exact) mass is 776 g/mol. The third-order valence-electron chi connectivity index (χ3n) is 13.1. The molecule has 0 saturated heterocycles. The molecule has 2 nitrogen and oxygen atoms in total. The van der Waals surface area contributed by atoms with Crippen LogP contribution in [0.15, 0.2) is 206 Å². The van der Waals surface area contributed by atoms with Crippen LogP contribution in [0.4, 0.5) is 0 Å². The zero-order chi connectivity index (χ0) is 40.7. The molecule has 61 heavy (non-hydrogen) atoms. The highest BCUT2D eigenvalue weighted by atomic mass is 14.9. The van der Waals surface area contributed by atoms with Crippen LogP contribution in [0.5, 0.6) is 0 Å². The molecule has 1 aliphatic carbocycles. The number of rotatable bonds is 5. The molecule has 286 valence electrons. The van der Waals surface area contributed by atoms with Crippen molar-refractivity contribution in [3.8, 4) is 67.3 Å². The average Bonchev–Trinajstić information content (AvgIpc) is 3.56. The molecule has 1 aromatic heterocycles. The molecule has 0 amide bonds. The van der Waals surface area contributed by atoms with Crippen molar-refractivity contribution in [3.63, 3.8) is 0 Å². The van der Waals surface area contributed by atoms with Gasteiger partial charge in [-0.25, -0.2) is 9.97 Å². The van der Waals surface area contributed by atoms with Gasteiger partial charge in [0.15, 0.2) is 5.82 Å². The summed E-state index contributed by atoms with van der Waals surface area (Å²) in [6, 6.07) is 74.9. The van der Waals surface area contributed by atoms with E-state index in [1.54, 1.807) is 0 Å². The largest absolute Gasteiger partial charge is 0.228 e. The van der Waals surface area contributed by atoms with Crippen molar-refractivity contribution < 1.29 is 0 Å². The topological polar surface area (TPSA) is 25.8 Å². The first-order chi connectivity index (χ1) is 30.0. The van der Waals surface area contributed by atoms with Gasteiger partial charge in [-0.3, -0.25) is 0 Å². The van der Waals surface area contributed by atoms with Gasteiger partial charge in [-0.15, -0.1) is 0 Å². The predicted octanol–water partition coefficient (Wildman–Crippen LogP) is 15.7. The van der Waals surface area contributed by atoms with Crippen molar-refractivity contribution in [2.45, 2.75) is 19.3 Å². The summed E-state index contributed by atoms with van der Waals surface area (Å²) in [5.41, 5.74) is 15.0. The van der Waals surface area contributed by atoms with Gasteiger partial charge in [0, 0.05) is 22.1 Å². The fourth-order valence-electron chi connectivity index (χ4n) is 10.4. The summed E-state index contributed by atoms with van der Waals surface area (Å²) in [6.45, 7) is 4.69. The van der Waals surface area contributed by atoms with E-state index in [0.29, 0.717) is 5.82 Å². The molecule has 2 heteroatoms. The lowest BCUT2D eigenvalue weighted by Crippen LogP contribution is -2.16. The summed E-state index contributed by atoms with van der Waals surface area (Å²) < 4.78 is 0. The van der Waals surface area contributed by atoms with Crippen LogP contribution in [0.3, 0.4) is 0 Å². The molecular weight excluding hydrogens is 737 g/mol. The lowest BCUT2D eigenvalue weighted by Gasteiger charge is -2.24. The summed E-state index contributed by atoms with van der Waals surface area (Å²) in [4.78, 5) is 10.8. The van der Waals surface area contributed by atoms with Crippen LogP contribution in [0, 0.1) is 0 Å². The van der Waals surface area contributed by atoms with Gasteiger partial charge in [0.05, 0.1) is 11.4 Å². The van der Waals surface area contributed by atoms with E-state index in [0.717, 1.165) is 33.5 Å². The van der Waals surface area contributed by atoms with Gasteiger partial charge in [-0.1, -0.05) is 214 Å². The fourth-order valence-corrected chi connectivity index (χ4v) is 10.4. The normalized spacial score (nSPS) is 12.9. The van der Waals surface area contributed by atoms with Crippen LogP contribution < -0.4 is 0 Å². The maximum absolute atomic E-state index is 5.39. The third kappa shape index (κ3) is 5.42. The quantitative estimate of drug-likeness (QED) is 0.128. The van der Waals surface area contributed by atoms with Crippen molar-refractivity contribution in [1.29, 1.82) is 0 Å². The van der Waals surface area contributed by atoms with Crippen molar-refractivity contribution in [3.05, 3.63) is 217 Å². The Morgan fingerprint density at radius 3 is 1.64 bits per heavy atom.